The van der Waals surface area contributed by atoms with E-state index in [2.05, 4.69) is 0 Å². The zero-order valence-electron chi connectivity index (χ0n) is 22.5. The maximum absolute atomic E-state index is 13.1. The number of hydrogen-bond donors (Lipinski definition) is 2. The van der Waals surface area contributed by atoms with E-state index in [1.807, 2.05) is 6.92 Å². The molecule has 0 bridgehead atoms. The number of carbonyl (C=O) groups excluding carboxylic acids is 4. The van der Waals surface area contributed by atoms with E-state index in [1.165, 1.54) is 19.1 Å². The quantitative estimate of drug-likeness (QED) is 0.281. The Bertz CT molecular complexity index is 946. The Hall–Kier alpha value is -3.18. The smallest absolute Gasteiger partial charge is 0.328 e. The fourth-order valence-electron chi connectivity index (χ4n) is 3.83. The average Bonchev–Trinajstić information content (AvgIpc) is 2.84. The Labute approximate surface area is 222 Å². The standard InChI is InChI=1S/C27H39NO10/c1-5-8-20(30)35-19-16-34-25(24(37-22(32)10-7-3)23(19)36-21(31)9-6-2)38-26(33)27(4,28)15-17-11-13-18(29)14-12-17/h11-14,19,23-25,29H,5-10,15-16,28H2,1-4H3/t19?,23-,24+,25-,27+/m0/s1. The van der Waals surface area contributed by atoms with Crippen LogP contribution in [-0.4, -0.2) is 65.7 Å². The van der Waals surface area contributed by atoms with Crippen LogP contribution in [0.1, 0.15) is 71.8 Å². The second kappa shape index (κ2) is 14.7. The van der Waals surface area contributed by atoms with Gasteiger partial charge in [-0.25, -0.2) is 4.79 Å². The number of benzene rings is 1. The average molecular weight is 538 g/mol. The monoisotopic (exact) mass is 537 g/mol. The lowest BCUT2D eigenvalue weighted by Crippen LogP contribution is -2.60. The molecular formula is C27H39NO10. The minimum absolute atomic E-state index is 0.0581. The molecule has 0 radical (unpaired) electrons. The molecule has 1 aliphatic heterocycles. The van der Waals surface area contributed by atoms with Crippen LogP contribution in [0.25, 0.3) is 0 Å². The number of phenols is 1. The van der Waals surface area contributed by atoms with Gasteiger partial charge < -0.3 is 34.5 Å². The largest absolute Gasteiger partial charge is 0.508 e. The number of rotatable bonds is 13. The summed E-state index contributed by atoms with van der Waals surface area (Å²) in [5, 5.41) is 9.50. The third kappa shape index (κ3) is 9.29. The second-order valence-electron chi connectivity index (χ2n) is 9.55. The fourth-order valence-corrected chi connectivity index (χ4v) is 3.83. The van der Waals surface area contributed by atoms with Crippen LogP contribution >= 0.6 is 0 Å². The molecular weight excluding hydrogens is 498 g/mol. The van der Waals surface area contributed by atoms with Gasteiger partial charge in [0.25, 0.3) is 0 Å². The van der Waals surface area contributed by atoms with Crippen molar-refractivity contribution in [1.29, 1.82) is 0 Å². The Kier molecular flexibility index (Phi) is 12.0. The van der Waals surface area contributed by atoms with Crippen molar-refractivity contribution in [3.8, 4) is 5.75 Å². The van der Waals surface area contributed by atoms with Gasteiger partial charge in [0.15, 0.2) is 12.2 Å². The number of carbonyl (C=O) groups is 4. The molecule has 0 aromatic heterocycles. The first kappa shape index (κ1) is 31.0. The number of esters is 4. The second-order valence-corrected chi connectivity index (χ2v) is 9.55. The molecule has 1 aromatic rings. The van der Waals surface area contributed by atoms with Crippen molar-refractivity contribution < 1.29 is 48.0 Å². The first-order valence-corrected chi connectivity index (χ1v) is 13.0. The lowest BCUT2D eigenvalue weighted by atomic mass is 9.94. The van der Waals surface area contributed by atoms with E-state index in [4.69, 9.17) is 29.4 Å². The summed E-state index contributed by atoms with van der Waals surface area (Å²) < 4.78 is 27.9. The molecule has 0 amide bonds. The Morgan fingerprint density at radius 1 is 0.868 bits per heavy atom. The van der Waals surface area contributed by atoms with Gasteiger partial charge in [-0.3, -0.25) is 14.4 Å². The molecule has 0 spiro atoms. The van der Waals surface area contributed by atoms with Gasteiger partial charge in [-0.05, 0) is 43.9 Å². The molecule has 0 saturated carbocycles. The summed E-state index contributed by atoms with van der Waals surface area (Å²) in [5.74, 6) is -2.53. The van der Waals surface area contributed by atoms with Crippen molar-refractivity contribution in [1.82, 2.24) is 0 Å². The highest BCUT2D eigenvalue weighted by Gasteiger charge is 2.50. The summed E-state index contributed by atoms with van der Waals surface area (Å²) in [4.78, 5) is 50.3. The predicted octanol–water partition coefficient (Wildman–Crippen LogP) is 2.69. The van der Waals surface area contributed by atoms with Gasteiger partial charge in [0, 0.05) is 25.7 Å². The van der Waals surface area contributed by atoms with Crippen LogP contribution in [0.15, 0.2) is 24.3 Å². The zero-order chi connectivity index (χ0) is 28.3. The lowest BCUT2D eigenvalue weighted by Gasteiger charge is -2.40. The maximum Gasteiger partial charge on any atom is 0.328 e. The molecule has 212 valence electrons. The van der Waals surface area contributed by atoms with E-state index >= 15 is 0 Å². The molecule has 1 saturated heterocycles. The van der Waals surface area contributed by atoms with E-state index < -0.39 is 54.0 Å². The van der Waals surface area contributed by atoms with Crippen LogP contribution in [0.3, 0.4) is 0 Å². The minimum atomic E-state index is -1.52. The third-order valence-electron chi connectivity index (χ3n) is 5.76. The number of ether oxygens (including phenoxy) is 5. The van der Waals surface area contributed by atoms with E-state index in [1.54, 1.807) is 26.0 Å². The van der Waals surface area contributed by atoms with Gasteiger partial charge in [0.2, 0.25) is 12.4 Å². The molecule has 38 heavy (non-hydrogen) atoms. The van der Waals surface area contributed by atoms with Crippen molar-refractivity contribution in [2.24, 2.45) is 5.73 Å². The van der Waals surface area contributed by atoms with Crippen molar-refractivity contribution >= 4 is 23.9 Å². The topological polar surface area (TPSA) is 161 Å². The van der Waals surface area contributed by atoms with Crippen molar-refractivity contribution in [2.45, 2.75) is 103 Å². The number of hydrogen-bond acceptors (Lipinski definition) is 11. The van der Waals surface area contributed by atoms with Gasteiger partial charge in [-0.2, -0.15) is 0 Å². The first-order chi connectivity index (χ1) is 18.0. The molecule has 1 heterocycles. The predicted molar refractivity (Wildman–Crippen MR) is 135 cm³/mol. The first-order valence-electron chi connectivity index (χ1n) is 13.0. The molecule has 0 aliphatic carbocycles. The molecule has 3 N–H and O–H groups in total. The van der Waals surface area contributed by atoms with Crippen LogP contribution < -0.4 is 5.73 Å². The lowest BCUT2D eigenvalue weighted by molar-refractivity contribution is -0.277. The molecule has 5 atom stereocenters. The van der Waals surface area contributed by atoms with Crippen LogP contribution in [-0.2, 0) is 49.3 Å². The normalized spacial score (nSPS) is 22.6. The summed E-state index contributed by atoms with van der Waals surface area (Å²) in [7, 11) is 0. The molecule has 1 aliphatic rings. The van der Waals surface area contributed by atoms with Crippen molar-refractivity contribution in [3.05, 3.63) is 29.8 Å². The summed E-state index contributed by atoms with van der Waals surface area (Å²) in [6.07, 6.45) is -3.32. The van der Waals surface area contributed by atoms with E-state index in [0.717, 1.165) is 0 Å². The van der Waals surface area contributed by atoms with Gasteiger partial charge >= 0.3 is 23.9 Å². The molecule has 2 rings (SSSR count). The number of aromatic hydroxyl groups is 1. The van der Waals surface area contributed by atoms with Crippen molar-refractivity contribution in [3.63, 3.8) is 0 Å². The molecule has 11 heteroatoms. The van der Waals surface area contributed by atoms with Gasteiger partial charge in [-0.1, -0.05) is 32.9 Å². The van der Waals surface area contributed by atoms with Crippen LogP contribution in [0.2, 0.25) is 0 Å². The fraction of sp³-hybridized carbons (Fsp3) is 0.630. The third-order valence-corrected chi connectivity index (χ3v) is 5.76. The summed E-state index contributed by atoms with van der Waals surface area (Å²) >= 11 is 0. The van der Waals surface area contributed by atoms with E-state index in [-0.39, 0.29) is 38.0 Å². The van der Waals surface area contributed by atoms with Crippen LogP contribution in [0.4, 0.5) is 0 Å². The van der Waals surface area contributed by atoms with E-state index in [9.17, 15) is 24.3 Å². The van der Waals surface area contributed by atoms with Gasteiger partial charge in [0.05, 0.1) is 6.61 Å². The highest BCUT2D eigenvalue weighted by molar-refractivity contribution is 5.80. The minimum Gasteiger partial charge on any atom is -0.508 e. The molecule has 1 fully saturated rings. The number of nitrogens with two attached hydrogens (primary N) is 1. The Balaban J connectivity index is 2.30. The van der Waals surface area contributed by atoms with Gasteiger partial charge in [0.1, 0.15) is 11.3 Å². The highest BCUT2D eigenvalue weighted by Crippen LogP contribution is 2.28. The Morgan fingerprint density at radius 2 is 1.37 bits per heavy atom. The van der Waals surface area contributed by atoms with Crippen LogP contribution in [0, 0.1) is 0 Å². The number of phenolic OH excluding ortho intramolecular Hbond substituents is 1. The van der Waals surface area contributed by atoms with Gasteiger partial charge in [-0.15, -0.1) is 0 Å². The summed E-state index contributed by atoms with van der Waals surface area (Å²) in [6.45, 7) is 6.59. The Morgan fingerprint density at radius 3 is 1.89 bits per heavy atom. The van der Waals surface area contributed by atoms with Crippen molar-refractivity contribution in [2.75, 3.05) is 6.61 Å². The highest BCUT2D eigenvalue weighted by atomic mass is 16.7. The molecule has 1 unspecified atom stereocenters. The molecule has 1 aromatic carbocycles. The molecule has 11 nitrogen and oxygen atoms in total. The zero-order valence-corrected chi connectivity index (χ0v) is 22.5. The summed E-state index contributed by atoms with van der Waals surface area (Å²) in [5.41, 5.74) is 5.43. The van der Waals surface area contributed by atoms with E-state index in [0.29, 0.717) is 24.8 Å². The maximum atomic E-state index is 13.1. The summed E-state index contributed by atoms with van der Waals surface area (Å²) in [6, 6.07) is 6.19. The SMILES string of the molecule is CCCC(=O)OC1CO[C@@H](OC(=O)[C@](C)(N)Cc2ccc(O)cc2)[C@H](OC(=O)CCC)[C@H]1OC(=O)CCC. The van der Waals surface area contributed by atoms with Crippen LogP contribution in [0.5, 0.6) is 5.75 Å².